The molecule has 0 spiro atoms. The molecular weight excluding hydrogens is 199 g/mol. The van der Waals surface area contributed by atoms with E-state index in [1.54, 1.807) is 6.07 Å². The van der Waals surface area contributed by atoms with E-state index in [1.807, 2.05) is 13.8 Å². The highest BCUT2D eigenvalue weighted by Crippen LogP contribution is 2.36. The Balaban J connectivity index is 2.21. The second kappa shape index (κ2) is 4.57. The van der Waals surface area contributed by atoms with Gasteiger partial charge in [0.1, 0.15) is 5.82 Å². The third-order valence-electron chi connectivity index (χ3n) is 4.11. The monoisotopic (exact) mass is 220 g/mol. The van der Waals surface area contributed by atoms with Gasteiger partial charge in [-0.1, -0.05) is 25.8 Å². The normalized spacial score (nSPS) is 25.8. The van der Waals surface area contributed by atoms with Crippen LogP contribution in [-0.2, 0) is 0 Å². The molecule has 1 aromatic rings. The van der Waals surface area contributed by atoms with Gasteiger partial charge in [0.15, 0.2) is 0 Å². The lowest BCUT2D eigenvalue weighted by atomic mass is 9.79. The molecule has 0 N–H and O–H groups in total. The molecule has 1 aromatic carbocycles. The van der Waals surface area contributed by atoms with Gasteiger partial charge in [-0.2, -0.15) is 0 Å². The fourth-order valence-electron chi connectivity index (χ4n) is 2.67. The van der Waals surface area contributed by atoms with Gasteiger partial charge in [-0.3, -0.25) is 0 Å². The first-order valence-corrected chi connectivity index (χ1v) is 6.34. The lowest BCUT2D eigenvalue weighted by molar-refractivity contribution is 0.347. The van der Waals surface area contributed by atoms with Crippen molar-refractivity contribution in [1.29, 1.82) is 0 Å². The first-order chi connectivity index (χ1) is 7.58. The van der Waals surface area contributed by atoms with Crippen LogP contribution in [-0.4, -0.2) is 0 Å². The van der Waals surface area contributed by atoms with E-state index in [-0.39, 0.29) is 5.82 Å². The zero-order valence-corrected chi connectivity index (χ0v) is 10.5. The second-order valence-corrected chi connectivity index (χ2v) is 5.40. The molecule has 1 fully saturated rings. The number of hydrogen-bond donors (Lipinski definition) is 0. The molecule has 0 radical (unpaired) electrons. The summed E-state index contributed by atoms with van der Waals surface area (Å²) in [5, 5.41) is 0. The molecule has 0 unspecified atom stereocenters. The van der Waals surface area contributed by atoms with Crippen molar-refractivity contribution in [3.05, 3.63) is 34.6 Å². The minimum atomic E-state index is -0.0337. The number of aryl methyl sites for hydroxylation is 1. The SMILES string of the molecule is Cc1cc(C2CCC(C)CC2)cc(F)c1C. The highest BCUT2D eigenvalue weighted by Gasteiger charge is 2.20. The summed E-state index contributed by atoms with van der Waals surface area (Å²) in [5.41, 5.74) is 3.11. The molecule has 0 bridgehead atoms. The smallest absolute Gasteiger partial charge is 0.126 e. The quantitative estimate of drug-likeness (QED) is 0.641. The van der Waals surface area contributed by atoms with Gasteiger partial charge in [-0.05, 0) is 61.3 Å². The zero-order chi connectivity index (χ0) is 11.7. The van der Waals surface area contributed by atoms with E-state index in [0.29, 0.717) is 5.92 Å². The van der Waals surface area contributed by atoms with Crippen molar-refractivity contribution in [3.8, 4) is 0 Å². The largest absolute Gasteiger partial charge is 0.207 e. The Morgan fingerprint density at radius 3 is 2.25 bits per heavy atom. The number of halogens is 1. The van der Waals surface area contributed by atoms with Gasteiger partial charge in [-0.25, -0.2) is 4.39 Å². The number of rotatable bonds is 1. The molecule has 2 rings (SSSR count). The summed E-state index contributed by atoms with van der Waals surface area (Å²) >= 11 is 0. The molecule has 1 saturated carbocycles. The number of benzene rings is 1. The minimum Gasteiger partial charge on any atom is -0.207 e. The molecule has 16 heavy (non-hydrogen) atoms. The van der Waals surface area contributed by atoms with Gasteiger partial charge in [-0.15, -0.1) is 0 Å². The predicted octanol–water partition coefficient (Wildman–Crippen LogP) is 4.74. The molecule has 1 heteroatoms. The Bertz CT molecular complexity index is 350. The van der Waals surface area contributed by atoms with Crippen LogP contribution >= 0.6 is 0 Å². The van der Waals surface area contributed by atoms with Crippen LogP contribution in [0, 0.1) is 25.6 Å². The van der Waals surface area contributed by atoms with Crippen molar-refractivity contribution in [3.63, 3.8) is 0 Å². The summed E-state index contributed by atoms with van der Waals surface area (Å²) in [4.78, 5) is 0. The van der Waals surface area contributed by atoms with Gasteiger partial charge in [0.05, 0.1) is 0 Å². The van der Waals surface area contributed by atoms with Gasteiger partial charge >= 0.3 is 0 Å². The van der Waals surface area contributed by atoms with E-state index in [0.717, 1.165) is 17.0 Å². The maximum Gasteiger partial charge on any atom is 0.126 e. The Morgan fingerprint density at radius 1 is 1.06 bits per heavy atom. The summed E-state index contributed by atoms with van der Waals surface area (Å²) in [5.74, 6) is 1.41. The molecule has 0 amide bonds. The van der Waals surface area contributed by atoms with Crippen LogP contribution in [0.2, 0.25) is 0 Å². The lowest BCUT2D eigenvalue weighted by Gasteiger charge is -2.27. The summed E-state index contributed by atoms with van der Waals surface area (Å²) in [6.07, 6.45) is 5.03. The van der Waals surface area contributed by atoms with Crippen LogP contribution in [0.5, 0.6) is 0 Å². The van der Waals surface area contributed by atoms with E-state index < -0.39 is 0 Å². The minimum absolute atomic E-state index is 0.0337. The Hall–Kier alpha value is -0.850. The van der Waals surface area contributed by atoms with Crippen LogP contribution in [0.4, 0.5) is 4.39 Å². The fraction of sp³-hybridized carbons (Fsp3) is 0.600. The van der Waals surface area contributed by atoms with Gasteiger partial charge < -0.3 is 0 Å². The highest BCUT2D eigenvalue weighted by molar-refractivity contribution is 5.33. The summed E-state index contributed by atoms with van der Waals surface area (Å²) in [6, 6.07) is 3.93. The van der Waals surface area contributed by atoms with Crippen LogP contribution in [0.3, 0.4) is 0 Å². The van der Waals surface area contributed by atoms with Crippen molar-refractivity contribution in [2.24, 2.45) is 5.92 Å². The van der Waals surface area contributed by atoms with Crippen molar-refractivity contribution in [1.82, 2.24) is 0 Å². The van der Waals surface area contributed by atoms with Crippen molar-refractivity contribution in [2.45, 2.75) is 52.4 Å². The van der Waals surface area contributed by atoms with Crippen LogP contribution in [0.15, 0.2) is 12.1 Å². The maximum absolute atomic E-state index is 13.7. The Kier molecular flexibility index (Phi) is 3.32. The van der Waals surface area contributed by atoms with Crippen LogP contribution < -0.4 is 0 Å². The molecule has 0 aromatic heterocycles. The molecule has 0 aliphatic heterocycles. The molecule has 0 saturated heterocycles. The fourth-order valence-corrected chi connectivity index (χ4v) is 2.67. The average molecular weight is 220 g/mol. The molecule has 88 valence electrons. The van der Waals surface area contributed by atoms with E-state index >= 15 is 0 Å². The molecule has 1 aliphatic carbocycles. The summed E-state index contributed by atoms with van der Waals surface area (Å²) in [7, 11) is 0. The van der Waals surface area contributed by atoms with E-state index in [4.69, 9.17) is 0 Å². The van der Waals surface area contributed by atoms with Crippen molar-refractivity contribution >= 4 is 0 Å². The Labute approximate surface area is 97.9 Å². The molecule has 0 nitrogen and oxygen atoms in total. The van der Waals surface area contributed by atoms with E-state index in [9.17, 15) is 4.39 Å². The number of hydrogen-bond acceptors (Lipinski definition) is 0. The summed E-state index contributed by atoms with van der Waals surface area (Å²) < 4.78 is 13.7. The second-order valence-electron chi connectivity index (χ2n) is 5.40. The van der Waals surface area contributed by atoms with E-state index in [1.165, 1.54) is 31.2 Å². The highest BCUT2D eigenvalue weighted by atomic mass is 19.1. The molecule has 0 heterocycles. The standard InChI is InChI=1S/C15H21F/c1-10-4-6-13(7-5-10)14-8-11(2)12(3)15(16)9-14/h8-10,13H,4-7H2,1-3H3. The first-order valence-electron chi connectivity index (χ1n) is 6.34. The maximum atomic E-state index is 13.7. The van der Waals surface area contributed by atoms with E-state index in [2.05, 4.69) is 13.0 Å². The topological polar surface area (TPSA) is 0 Å². The molecule has 0 atom stereocenters. The van der Waals surface area contributed by atoms with Gasteiger partial charge in [0, 0.05) is 0 Å². The molecule has 1 aliphatic rings. The van der Waals surface area contributed by atoms with Crippen LogP contribution in [0.1, 0.15) is 55.2 Å². The Morgan fingerprint density at radius 2 is 1.69 bits per heavy atom. The third kappa shape index (κ3) is 2.28. The predicted molar refractivity (Wildman–Crippen MR) is 66.2 cm³/mol. The van der Waals surface area contributed by atoms with Crippen molar-refractivity contribution < 1.29 is 4.39 Å². The average Bonchev–Trinajstić information content (AvgIpc) is 2.26. The van der Waals surface area contributed by atoms with Gasteiger partial charge in [0.25, 0.3) is 0 Å². The lowest BCUT2D eigenvalue weighted by Crippen LogP contribution is -2.11. The van der Waals surface area contributed by atoms with Gasteiger partial charge in [0.2, 0.25) is 0 Å². The summed E-state index contributed by atoms with van der Waals surface area (Å²) in [6.45, 7) is 6.18. The zero-order valence-electron chi connectivity index (χ0n) is 10.5. The third-order valence-corrected chi connectivity index (χ3v) is 4.11. The molecular formula is C15H21F. The van der Waals surface area contributed by atoms with Crippen molar-refractivity contribution in [2.75, 3.05) is 0 Å². The van der Waals surface area contributed by atoms with Crippen LogP contribution in [0.25, 0.3) is 0 Å². The first kappa shape index (κ1) is 11.6.